The summed E-state index contributed by atoms with van der Waals surface area (Å²) in [6.45, 7) is 6.69. The number of rotatable bonds is 6. The summed E-state index contributed by atoms with van der Waals surface area (Å²) in [5.74, 6) is 1.56. The molecule has 1 aromatic heterocycles. The number of hydrogen-bond acceptors (Lipinski definition) is 4. The van der Waals surface area contributed by atoms with Crippen molar-refractivity contribution in [1.29, 1.82) is 0 Å². The number of carbonyl (C=O) groups excluding carboxylic acids is 1. The topological polar surface area (TPSA) is 55.6 Å². The van der Waals surface area contributed by atoms with Crippen LogP contribution in [-0.2, 0) is 11.2 Å². The molecule has 5 nitrogen and oxygen atoms in total. The molecule has 0 saturated heterocycles. The summed E-state index contributed by atoms with van der Waals surface area (Å²) in [5, 5.41) is 3.87. The van der Waals surface area contributed by atoms with Crippen LogP contribution in [-0.4, -0.2) is 36.2 Å². The maximum Gasteiger partial charge on any atom is 0.227 e. The average molecular weight is 302 g/mol. The number of ether oxygens (including phenoxy) is 1. The zero-order valence-electron chi connectivity index (χ0n) is 13.5. The number of benzene rings is 1. The fraction of sp³-hybridized carbons (Fsp3) is 0.412. The van der Waals surface area contributed by atoms with Crippen LogP contribution in [0.3, 0.4) is 0 Å². The molecule has 0 atom stereocenters. The van der Waals surface area contributed by atoms with Crippen LogP contribution in [0.15, 0.2) is 28.8 Å². The van der Waals surface area contributed by atoms with Gasteiger partial charge in [0.25, 0.3) is 0 Å². The van der Waals surface area contributed by atoms with Crippen LogP contribution in [0, 0.1) is 20.8 Å². The maximum absolute atomic E-state index is 12.2. The molecule has 1 aromatic carbocycles. The highest BCUT2D eigenvalue weighted by molar-refractivity contribution is 5.78. The van der Waals surface area contributed by atoms with E-state index in [0.29, 0.717) is 25.3 Å². The molecule has 0 N–H and O–H groups in total. The van der Waals surface area contributed by atoms with Gasteiger partial charge in [-0.3, -0.25) is 4.79 Å². The fourth-order valence-corrected chi connectivity index (χ4v) is 2.17. The summed E-state index contributed by atoms with van der Waals surface area (Å²) in [7, 11) is 1.78. The summed E-state index contributed by atoms with van der Waals surface area (Å²) in [6.07, 6.45) is 0.308. The van der Waals surface area contributed by atoms with E-state index in [1.807, 2.05) is 45.0 Å². The highest BCUT2D eigenvalue weighted by Gasteiger charge is 2.16. The smallest absolute Gasteiger partial charge is 0.227 e. The Labute approximate surface area is 130 Å². The second kappa shape index (κ2) is 7.11. The van der Waals surface area contributed by atoms with E-state index >= 15 is 0 Å². The van der Waals surface area contributed by atoms with E-state index in [-0.39, 0.29) is 5.91 Å². The number of aryl methyl sites for hydroxylation is 3. The van der Waals surface area contributed by atoms with E-state index in [1.165, 1.54) is 0 Å². The van der Waals surface area contributed by atoms with Gasteiger partial charge in [-0.1, -0.05) is 17.3 Å². The third-order valence-electron chi connectivity index (χ3n) is 3.62. The van der Waals surface area contributed by atoms with Crippen LogP contribution < -0.4 is 4.74 Å². The van der Waals surface area contributed by atoms with Gasteiger partial charge in [0.15, 0.2) is 0 Å². The summed E-state index contributed by atoms with van der Waals surface area (Å²) in [4.78, 5) is 13.9. The van der Waals surface area contributed by atoms with Gasteiger partial charge in [-0.25, -0.2) is 0 Å². The molecule has 0 aliphatic carbocycles. The Kier molecular flexibility index (Phi) is 5.20. The fourth-order valence-electron chi connectivity index (χ4n) is 2.17. The number of carbonyl (C=O) groups is 1. The summed E-state index contributed by atoms with van der Waals surface area (Å²) >= 11 is 0. The Morgan fingerprint density at radius 1 is 1.32 bits per heavy atom. The lowest BCUT2D eigenvalue weighted by atomic mass is 10.1. The number of aromatic nitrogens is 1. The Morgan fingerprint density at radius 3 is 2.73 bits per heavy atom. The molecule has 0 fully saturated rings. The predicted molar refractivity (Wildman–Crippen MR) is 84.0 cm³/mol. The summed E-state index contributed by atoms with van der Waals surface area (Å²) < 4.78 is 10.7. The molecule has 1 heterocycles. The van der Waals surface area contributed by atoms with Crippen molar-refractivity contribution in [3.05, 3.63) is 46.8 Å². The van der Waals surface area contributed by atoms with Gasteiger partial charge in [-0.2, -0.15) is 0 Å². The average Bonchev–Trinajstić information content (AvgIpc) is 2.79. The van der Waals surface area contributed by atoms with Crippen molar-refractivity contribution in [1.82, 2.24) is 10.1 Å². The van der Waals surface area contributed by atoms with E-state index in [0.717, 1.165) is 22.6 Å². The Bertz CT molecular complexity index is 630. The zero-order valence-corrected chi connectivity index (χ0v) is 13.5. The van der Waals surface area contributed by atoms with Crippen molar-refractivity contribution in [3.63, 3.8) is 0 Å². The molecule has 118 valence electrons. The molecule has 2 rings (SSSR count). The number of likely N-dealkylation sites (N-methyl/N-ethyl adjacent to an activating group) is 1. The first-order chi connectivity index (χ1) is 10.5. The minimum atomic E-state index is 0.0299. The monoisotopic (exact) mass is 302 g/mol. The molecule has 0 aliphatic heterocycles. The lowest BCUT2D eigenvalue weighted by Gasteiger charge is -2.17. The number of hydrogen-bond donors (Lipinski definition) is 0. The van der Waals surface area contributed by atoms with Gasteiger partial charge in [-0.05, 0) is 38.5 Å². The molecular formula is C17H22N2O3. The second-order valence-electron chi connectivity index (χ2n) is 5.46. The van der Waals surface area contributed by atoms with Gasteiger partial charge < -0.3 is 14.2 Å². The van der Waals surface area contributed by atoms with Gasteiger partial charge in [0.05, 0.1) is 18.7 Å². The van der Waals surface area contributed by atoms with E-state index < -0.39 is 0 Å². The van der Waals surface area contributed by atoms with Gasteiger partial charge in [0, 0.05) is 12.6 Å². The molecule has 22 heavy (non-hydrogen) atoms. The maximum atomic E-state index is 12.2. The summed E-state index contributed by atoms with van der Waals surface area (Å²) in [6, 6.07) is 7.87. The van der Waals surface area contributed by atoms with Gasteiger partial charge in [0.2, 0.25) is 5.91 Å². The lowest BCUT2D eigenvalue weighted by molar-refractivity contribution is -0.129. The first-order valence-electron chi connectivity index (χ1n) is 7.32. The van der Waals surface area contributed by atoms with Crippen molar-refractivity contribution < 1.29 is 14.1 Å². The second-order valence-corrected chi connectivity index (χ2v) is 5.46. The van der Waals surface area contributed by atoms with Gasteiger partial charge >= 0.3 is 0 Å². The highest BCUT2D eigenvalue weighted by Crippen LogP contribution is 2.14. The molecule has 0 radical (unpaired) electrons. The number of amides is 1. The molecule has 1 amide bonds. The van der Waals surface area contributed by atoms with Crippen LogP contribution in [0.2, 0.25) is 0 Å². The van der Waals surface area contributed by atoms with Gasteiger partial charge in [0.1, 0.15) is 18.1 Å². The molecule has 0 bridgehead atoms. The first kappa shape index (κ1) is 16.1. The third kappa shape index (κ3) is 4.10. The molecule has 5 heteroatoms. The van der Waals surface area contributed by atoms with Crippen LogP contribution in [0.1, 0.15) is 22.6 Å². The Balaban J connectivity index is 1.82. The van der Waals surface area contributed by atoms with E-state index in [4.69, 9.17) is 9.26 Å². The van der Waals surface area contributed by atoms with Crippen LogP contribution in [0.4, 0.5) is 0 Å². The largest absolute Gasteiger partial charge is 0.492 e. The Hall–Kier alpha value is -2.30. The molecule has 0 aliphatic rings. The number of nitrogens with zero attached hydrogens (tertiary/aromatic N) is 2. The molecular weight excluding hydrogens is 280 g/mol. The van der Waals surface area contributed by atoms with Crippen molar-refractivity contribution in [2.75, 3.05) is 20.2 Å². The molecule has 2 aromatic rings. The van der Waals surface area contributed by atoms with E-state index in [1.54, 1.807) is 11.9 Å². The highest BCUT2D eigenvalue weighted by atomic mass is 16.5. The van der Waals surface area contributed by atoms with Crippen molar-refractivity contribution in [2.45, 2.75) is 27.2 Å². The minimum absolute atomic E-state index is 0.0299. The van der Waals surface area contributed by atoms with Gasteiger partial charge in [-0.15, -0.1) is 0 Å². The van der Waals surface area contributed by atoms with Crippen LogP contribution in [0.5, 0.6) is 5.75 Å². The summed E-state index contributed by atoms with van der Waals surface area (Å²) in [5.41, 5.74) is 2.80. The molecule has 0 spiro atoms. The standard InChI is InChI=1S/C17H22N2O3/c1-12-6-5-7-15(10-12)21-9-8-19(4)17(20)11-16-13(2)18-22-14(16)3/h5-7,10H,8-9,11H2,1-4H3. The SMILES string of the molecule is Cc1cccc(OCCN(C)C(=O)Cc2c(C)noc2C)c1. The zero-order chi connectivity index (χ0) is 16.1. The van der Waals surface area contributed by atoms with Crippen molar-refractivity contribution in [3.8, 4) is 5.75 Å². The predicted octanol–water partition coefficient (Wildman–Crippen LogP) is 2.68. The van der Waals surface area contributed by atoms with Crippen molar-refractivity contribution in [2.24, 2.45) is 0 Å². The molecule has 0 unspecified atom stereocenters. The quantitative estimate of drug-likeness (QED) is 0.823. The van der Waals surface area contributed by atoms with Crippen LogP contribution >= 0.6 is 0 Å². The lowest BCUT2D eigenvalue weighted by Crippen LogP contribution is -2.32. The van der Waals surface area contributed by atoms with Crippen LogP contribution in [0.25, 0.3) is 0 Å². The van der Waals surface area contributed by atoms with E-state index in [2.05, 4.69) is 5.16 Å². The van der Waals surface area contributed by atoms with E-state index in [9.17, 15) is 4.79 Å². The Morgan fingerprint density at radius 2 is 2.09 bits per heavy atom. The third-order valence-corrected chi connectivity index (χ3v) is 3.62. The van der Waals surface area contributed by atoms with Crippen molar-refractivity contribution >= 4 is 5.91 Å². The normalized spacial score (nSPS) is 10.5. The minimum Gasteiger partial charge on any atom is -0.492 e. The molecule has 0 saturated carbocycles. The first-order valence-corrected chi connectivity index (χ1v) is 7.32.